The normalized spacial score (nSPS) is 18.8. The van der Waals surface area contributed by atoms with Crippen molar-refractivity contribution in [2.45, 2.75) is 32.1 Å². The quantitative estimate of drug-likeness (QED) is 0.493. The van der Waals surface area contributed by atoms with Crippen LogP contribution in [0.4, 0.5) is 5.82 Å². The van der Waals surface area contributed by atoms with Gasteiger partial charge in [-0.15, -0.1) is 11.3 Å². The molecule has 1 spiro atoms. The van der Waals surface area contributed by atoms with Crippen LogP contribution in [-0.4, -0.2) is 63.7 Å². The lowest BCUT2D eigenvalue weighted by Gasteiger charge is -2.42. The number of carbonyl (C=O) groups excluding carboxylic acids is 3. The Morgan fingerprint density at radius 3 is 2.64 bits per heavy atom. The molecule has 39 heavy (non-hydrogen) atoms. The van der Waals surface area contributed by atoms with Gasteiger partial charge in [-0.1, -0.05) is 5.57 Å². The monoisotopic (exact) mass is 543 g/mol. The van der Waals surface area contributed by atoms with E-state index in [-0.39, 0.29) is 17.7 Å². The molecule has 0 unspecified atom stereocenters. The zero-order chi connectivity index (χ0) is 26.8. The fourth-order valence-corrected chi connectivity index (χ4v) is 6.18. The number of fused-ring (bicyclic) bond motifs is 1. The second-order valence-corrected chi connectivity index (χ2v) is 11.2. The summed E-state index contributed by atoms with van der Waals surface area (Å²) in [4.78, 5) is 51.0. The third kappa shape index (κ3) is 5.29. The summed E-state index contributed by atoms with van der Waals surface area (Å²) in [5.41, 5.74) is 2.51. The number of rotatable bonds is 4. The van der Waals surface area contributed by atoms with Crippen molar-refractivity contribution in [3.8, 4) is 0 Å². The Morgan fingerprint density at radius 1 is 1.10 bits per heavy atom. The van der Waals surface area contributed by atoms with Crippen molar-refractivity contribution in [3.63, 3.8) is 0 Å². The van der Waals surface area contributed by atoms with E-state index in [0.29, 0.717) is 57.0 Å². The van der Waals surface area contributed by atoms with E-state index < -0.39 is 5.41 Å². The summed E-state index contributed by atoms with van der Waals surface area (Å²) in [7, 11) is 0. The first-order chi connectivity index (χ1) is 19.0. The molecule has 9 nitrogen and oxygen atoms in total. The summed E-state index contributed by atoms with van der Waals surface area (Å²) in [5, 5.41) is 5.95. The van der Waals surface area contributed by atoms with Gasteiger partial charge >= 0.3 is 0 Å². The van der Waals surface area contributed by atoms with Crippen molar-refractivity contribution in [3.05, 3.63) is 75.8 Å². The molecular formula is C29H29N5O4S. The lowest BCUT2D eigenvalue weighted by atomic mass is 9.71. The van der Waals surface area contributed by atoms with Gasteiger partial charge in [-0.25, -0.2) is 9.97 Å². The number of nitrogens with zero attached hydrogens (tertiary/aromatic N) is 4. The number of aromatic nitrogens is 2. The fourth-order valence-electron chi connectivity index (χ4n) is 5.56. The Bertz CT molecular complexity index is 1430. The SMILES string of the molecule is O=C(/C=C/c1cnc2c(c1)CC1(CCN(C(=O)c3ccco3)CC1)C(=O)N2)N1CCC(=Cc2nccs2)CC1. The Kier molecular flexibility index (Phi) is 6.86. The zero-order valence-corrected chi connectivity index (χ0v) is 22.3. The first-order valence-electron chi connectivity index (χ1n) is 13.2. The molecule has 0 bridgehead atoms. The number of pyridine rings is 1. The summed E-state index contributed by atoms with van der Waals surface area (Å²) in [5.74, 6) is 0.681. The van der Waals surface area contributed by atoms with Crippen LogP contribution < -0.4 is 5.32 Å². The topological polar surface area (TPSA) is 109 Å². The maximum atomic E-state index is 13.1. The molecular weight excluding hydrogens is 514 g/mol. The summed E-state index contributed by atoms with van der Waals surface area (Å²) >= 11 is 1.62. The second-order valence-electron chi connectivity index (χ2n) is 10.3. The summed E-state index contributed by atoms with van der Waals surface area (Å²) < 4.78 is 5.25. The Labute approximate surface area is 230 Å². The highest BCUT2D eigenvalue weighted by Crippen LogP contribution is 2.41. The Hall–Kier alpha value is -4.05. The summed E-state index contributed by atoms with van der Waals surface area (Å²) in [6.45, 7) is 2.36. The van der Waals surface area contributed by atoms with Crippen LogP contribution in [0.15, 0.2) is 58.3 Å². The van der Waals surface area contributed by atoms with E-state index in [1.54, 1.807) is 52.9 Å². The molecule has 3 aromatic rings. The minimum atomic E-state index is -0.579. The van der Waals surface area contributed by atoms with Crippen LogP contribution in [0.2, 0.25) is 0 Å². The van der Waals surface area contributed by atoms with E-state index >= 15 is 0 Å². The van der Waals surface area contributed by atoms with Gasteiger partial charge in [0, 0.05) is 50.0 Å². The number of furan rings is 1. The molecule has 6 rings (SSSR count). The van der Waals surface area contributed by atoms with Crippen LogP contribution in [-0.2, 0) is 16.0 Å². The van der Waals surface area contributed by atoms with E-state index in [9.17, 15) is 14.4 Å². The zero-order valence-electron chi connectivity index (χ0n) is 21.5. The molecule has 3 aliphatic rings. The number of thiazole rings is 1. The lowest BCUT2D eigenvalue weighted by molar-refractivity contribution is -0.128. The van der Waals surface area contributed by atoms with Gasteiger partial charge < -0.3 is 19.5 Å². The average molecular weight is 544 g/mol. The Morgan fingerprint density at radius 2 is 1.92 bits per heavy atom. The van der Waals surface area contributed by atoms with Crippen LogP contribution in [0, 0.1) is 5.41 Å². The molecule has 0 atom stereocenters. The largest absolute Gasteiger partial charge is 0.459 e. The summed E-state index contributed by atoms with van der Waals surface area (Å²) in [6.07, 6.45) is 13.9. The van der Waals surface area contributed by atoms with E-state index in [0.717, 1.165) is 29.0 Å². The molecule has 3 aromatic heterocycles. The van der Waals surface area contributed by atoms with Crippen molar-refractivity contribution in [1.82, 2.24) is 19.8 Å². The molecule has 1 N–H and O–H groups in total. The third-order valence-electron chi connectivity index (χ3n) is 7.88. The molecule has 3 aliphatic heterocycles. The van der Waals surface area contributed by atoms with Gasteiger partial charge in [0.15, 0.2) is 5.76 Å². The predicted octanol–water partition coefficient (Wildman–Crippen LogP) is 4.27. The predicted molar refractivity (Wildman–Crippen MR) is 148 cm³/mol. The molecule has 6 heterocycles. The van der Waals surface area contributed by atoms with Crippen LogP contribution in [0.1, 0.15) is 52.4 Å². The number of piperidine rings is 2. The van der Waals surface area contributed by atoms with E-state index in [2.05, 4.69) is 21.4 Å². The maximum Gasteiger partial charge on any atom is 0.289 e. The van der Waals surface area contributed by atoms with E-state index in [4.69, 9.17) is 4.42 Å². The first kappa shape index (κ1) is 25.2. The number of nitrogens with one attached hydrogen (secondary N) is 1. The molecule has 0 radical (unpaired) electrons. The van der Waals surface area contributed by atoms with E-state index in [1.165, 1.54) is 11.8 Å². The minimum absolute atomic E-state index is 0.0145. The lowest BCUT2D eigenvalue weighted by Crippen LogP contribution is -2.51. The number of anilines is 1. The van der Waals surface area contributed by atoms with Crippen LogP contribution in [0.5, 0.6) is 0 Å². The standard InChI is InChI=1S/C29H29N5O4S/c35-25(33-10-5-20(6-11-33)17-24-30-9-15-39-24)4-3-21-16-22-18-29(28(37)32-26(22)31-19-21)7-12-34(13-8-29)27(36)23-2-1-14-38-23/h1-4,9,14-17,19H,5-8,10-13,18H2,(H,31,32,37)/b4-3+. The number of likely N-dealkylation sites (tertiary alicyclic amines) is 2. The maximum absolute atomic E-state index is 13.1. The van der Waals surface area contributed by atoms with Crippen molar-refractivity contribution in [2.24, 2.45) is 5.41 Å². The van der Waals surface area contributed by atoms with Gasteiger partial charge in [0.1, 0.15) is 10.8 Å². The molecule has 0 saturated carbocycles. The van der Waals surface area contributed by atoms with Gasteiger partial charge in [-0.3, -0.25) is 14.4 Å². The molecule has 2 fully saturated rings. The van der Waals surface area contributed by atoms with Crippen molar-refractivity contribution in [2.75, 3.05) is 31.5 Å². The van der Waals surface area contributed by atoms with Crippen molar-refractivity contribution >= 4 is 47.0 Å². The smallest absolute Gasteiger partial charge is 0.289 e. The third-order valence-corrected chi connectivity index (χ3v) is 8.61. The molecule has 2 saturated heterocycles. The number of carbonyl (C=O) groups is 3. The average Bonchev–Trinajstić information content (AvgIpc) is 3.68. The van der Waals surface area contributed by atoms with Gasteiger partial charge in [0.2, 0.25) is 11.8 Å². The highest BCUT2D eigenvalue weighted by Gasteiger charge is 2.45. The fraction of sp³-hybridized carbons (Fsp3) is 0.345. The summed E-state index contributed by atoms with van der Waals surface area (Å²) in [6, 6.07) is 5.35. The second kappa shape index (κ2) is 10.6. The number of amides is 3. The van der Waals surface area contributed by atoms with Crippen molar-refractivity contribution in [1.29, 1.82) is 0 Å². The van der Waals surface area contributed by atoms with E-state index in [1.807, 2.05) is 16.3 Å². The van der Waals surface area contributed by atoms with Crippen molar-refractivity contribution < 1.29 is 18.8 Å². The van der Waals surface area contributed by atoms with Gasteiger partial charge in [-0.2, -0.15) is 0 Å². The highest BCUT2D eigenvalue weighted by molar-refractivity contribution is 7.10. The molecule has 3 amide bonds. The Balaban J connectivity index is 1.08. The molecule has 10 heteroatoms. The van der Waals surface area contributed by atoms with Crippen LogP contribution >= 0.6 is 11.3 Å². The minimum Gasteiger partial charge on any atom is -0.459 e. The molecule has 200 valence electrons. The number of hydrogen-bond donors (Lipinski definition) is 1. The van der Waals surface area contributed by atoms with Crippen LogP contribution in [0.3, 0.4) is 0 Å². The van der Waals surface area contributed by atoms with Gasteiger partial charge in [0.25, 0.3) is 5.91 Å². The molecule has 0 aromatic carbocycles. The molecule has 0 aliphatic carbocycles. The number of hydrogen-bond acceptors (Lipinski definition) is 7. The van der Waals surface area contributed by atoms with Gasteiger partial charge in [0.05, 0.1) is 11.7 Å². The van der Waals surface area contributed by atoms with Crippen LogP contribution in [0.25, 0.3) is 12.2 Å². The van der Waals surface area contributed by atoms with Gasteiger partial charge in [-0.05, 0) is 73.6 Å². The highest BCUT2D eigenvalue weighted by atomic mass is 32.1. The first-order valence-corrected chi connectivity index (χ1v) is 14.1.